The highest BCUT2D eigenvalue weighted by Gasteiger charge is 2.22. The lowest BCUT2D eigenvalue weighted by molar-refractivity contribution is 0.00478. The van der Waals surface area contributed by atoms with Crippen LogP contribution in [0.3, 0.4) is 0 Å². The third-order valence-electron chi connectivity index (χ3n) is 3.67. The van der Waals surface area contributed by atoms with E-state index < -0.39 is 0 Å². The summed E-state index contributed by atoms with van der Waals surface area (Å²) in [4.78, 5) is 4.52. The van der Waals surface area contributed by atoms with Crippen molar-refractivity contribution in [1.82, 2.24) is 0 Å². The van der Waals surface area contributed by atoms with Crippen LogP contribution in [0.15, 0.2) is 59.2 Å². The molecule has 112 valence electrons. The van der Waals surface area contributed by atoms with E-state index in [1.165, 1.54) is 12.8 Å². The number of allylic oxidation sites excluding steroid dienone is 1. The summed E-state index contributed by atoms with van der Waals surface area (Å²) in [5, 5.41) is 0. The van der Waals surface area contributed by atoms with Gasteiger partial charge in [-0.05, 0) is 25.0 Å². The van der Waals surface area contributed by atoms with Gasteiger partial charge in [0, 0.05) is 19.2 Å². The largest absolute Gasteiger partial charge is 0.371 e. The molecule has 1 aliphatic rings. The molecule has 0 radical (unpaired) electrons. The summed E-state index contributed by atoms with van der Waals surface area (Å²) < 4.78 is 6.00. The molecule has 0 aromatic heterocycles. The third-order valence-corrected chi connectivity index (χ3v) is 3.67. The number of aliphatic imine (C=N–C) groups is 1. The number of nitrogens with zero attached hydrogens (tertiary/aromatic N) is 1. The second-order valence-corrected chi connectivity index (χ2v) is 5.70. The van der Waals surface area contributed by atoms with Crippen molar-refractivity contribution in [2.24, 2.45) is 4.99 Å². The predicted molar refractivity (Wildman–Crippen MR) is 89.8 cm³/mol. The second-order valence-electron chi connectivity index (χ2n) is 5.70. The molecule has 0 N–H and O–H groups in total. The summed E-state index contributed by atoms with van der Waals surface area (Å²) in [6.45, 7) is 5.19. The Labute approximate surface area is 128 Å². The summed E-state index contributed by atoms with van der Waals surface area (Å²) >= 11 is 0. The molecule has 0 saturated carbocycles. The molecule has 1 unspecified atom stereocenters. The molecule has 0 aliphatic heterocycles. The number of hydrogen-bond donors (Lipinski definition) is 0. The van der Waals surface area contributed by atoms with Crippen LogP contribution in [-0.4, -0.2) is 18.4 Å². The molecule has 2 heteroatoms. The van der Waals surface area contributed by atoms with Gasteiger partial charge < -0.3 is 4.74 Å². The number of rotatable bonds is 7. The molecule has 0 spiro atoms. The Morgan fingerprint density at radius 1 is 1.24 bits per heavy atom. The predicted octanol–water partition coefficient (Wildman–Crippen LogP) is 4.91. The minimum Gasteiger partial charge on any atom is -0.371 e. The standard InChI is InChI=1S/C19H25NO/c1-3-4-8-15-21-19(2)13-11-18(12-14-19)20-16-17-9-6-5-7-10-17/h5-7,9-13,16H,3-4,8,14-15H2,1-2H3. The Bertz CT molecular complexity index is 516. The third kappa shape index (κ3) is 5.31. The van der Waals surface area contributed by atoms with Crippen molar-refractivity contribution >= 4 is 6.21 Å². The molecule has 2 rings (SSSR count). The molecule has 0 fully saturated rings. The topological polar surface area (TPSA) is 21.6 Å². The zero-order valence-electron chi connectivity index (χ0n) is 13.1. The maximum Gasteiger partial charge on any atom is 0.0873 e. The van der Waals surface area contributed by atoms with E-state index in [1.807, 2.05) is 24.4 Å². The first-order chi connectivity index (χ1) is 10.2. The Morgan fingerprint density at radius 3 is 2.71 bits per heavy atom. The minimum absolute atomic E-state index is 0.167. The lowest BCUT2D eigenvalue weighted by Gasteiger charge is -2.27. The van der Waals surface area contributed by atoms with Crippen LogP contribution in [0.1, 0.15) is 45.1 Å². The summed E-state index contributed by atoms with van der Waals surface area (Å²) in [6.07, 6.45) is 12.7. The molecule has 1 aliphatic carbocycles. The van der Waals surface area contributed by atoms with E-state index >= 15 is 0 Å². The SMILES string of the molecule is CCCCCOC1(C)C=CC(N=Cc2ccccc2)=CC1. The van der Waals surface area contributed by atoms with Crippen molar-refractivity contribution in [3.63, 3.8) is 0 Å². The van der Waals surface area contributed by atoms with Gasteiger partial charge in [0.15, 0.2) is 0 Å². The average molecular weight is 283 g/mol. The van der Waals surface area contributed by atoms with E-state index in [4.69, 9.17) is 4.74 Å². The molecule has 1 atom stereocenters. The zero-order valence-corrected chi connectivity index (χ0v) is 13.1. The zero-order chi connectivity index (χ0) is 15.0. The van der Waals surface area contributed by atoms with Crippen LogP contribution in [0.4, 0.5) is 0 Å². The number of hydrogen-bond acceptors (Lipinski definition) is 2. The van der Waals surface area contributed by atoms with Gasteiger partial charge in [-0.1, -0.05) is 62.2 Å². The van der Waals surface area contributed by atoms with Gasteiger partial charge in [-0.15, -0.1) is 0 Å². The van der Waals surface area contributed by atoms with Crippen molar-refractivity contribution in [2.75, 3.05) is 6.61 Å². The van der Waals surface area contributed by atoms with E-state index in [-0.39, 0.29) is 5.60 Å². The van der Waals surface area contributed by atoms with Gasteiger partial charge in [0.25, 0.3) is 0 Å². The van der Waals surface area contributed by atoms with E-state index in [1.54, 1.807) is 0 Å². The number of benzene rings is 1. The highest BCUT2D eigenvalue weighted by molar-refractivity contribution is 5.80. The quantitative estimate of drug-likeness (QED) is 0.514. The molecular formula is C19H25NO. The van der Waals surface area contributed by atoms with Gasteiger partial charge in [0.2, 0.25) is 0 Å². The van der Waals surface area contributed by atoms with Crippen LogP contribution in [0, 0.1) is 0 Å². The van der Waals surface area contributed by atoms with E-state index in [0.29, 0.717) is 0 Å². The van der Waals surface area contributed by atoms with Gasteiger partial charge >= 0.3 is 0 Å². The molecular weight excluding hydrogens is 258 g/mol. The first-order valence-electron chi connectivity index (χ1n) is 7.84. The fourth-order valence-corrected chi connectivity index (χ4v) is 2.25. The van der Waals surface area contributed by atoms with E-state index in [0.717, 1.165) is 30.7 Å². The van der Waals surface area contributed by atoms with Gasteiger partial charge in [-0.3, -0.25) is 4.99 Å². The van der Waals surface area contributed by atoms with Crippen LogP contribution < -0.4 is 0 Å². The molecule has 21 heavy (non-hydrogen) atoms. The van der Waals surface area contributed by atoms with Crippen LogP contribution in [-0.2, 0) is 4.74 Å². The minimum atomic E-state index is -0.167. The average Bonchev–Trinajstić information content (AvgIpc) is 2.52. The molecule has 1 aromatic carbocycles. The monoisotopic (exact) mass is 283 g/mol. The normalized spacial score (nSPS) is 21.7. The Morgan fingerprint density at radius 2 is 2.05 bits per heavy atom. The lowest BCUT2D eigenvalue weighted by Crippen LogP contribution is -2.27. The Kier molecular flexibility index (Phi) is 5.94. The summed E-state index contributed by atoms with van der Waals surface area (Å²) in [7, 11) is 0. The Balaban J connectivity index is 1.84. The molecule has 0 bridgehead atoms. The first kappa shape index (κ1) is 15.7. The maximum absolute atomic E-state index is 6.00. The molecule has 1 aromatic rings. The second kappa shape index (κ2) is 7.94. The lowest BCUT2D eigenvalue weighted by atomic mass is 9.96. The van der Waals surface area contributed by atoms with Crippen molar-refractivity contribution in [3.05, 3.63) is 59.8 Å². The summed E-state index contributed by atoms with van der Waals surface area (Å²) in [5.74, 6) is 0. The smallest absolute Gasteiger partial charge is 0.0873 e. The fourth-order valence-electron chi connectivity index (χ4n) is 2.25. The van der Waals surface area contributed by atoms with Crippen LogP contribution >= 0.6 is 0 Å². The van der Waals surface area contributed by atoms with Gasteiger partial charge in [0.05, 0.1) is 11.3 Å². The van der Waals surface area contributed by atoms with Gasteiger partial charge in [-0.25, -0.2) is 0 Å². The van der Waals surface area contributed by atoms with Gasteiger partial charge in [0.1, 0.15) is 0 Å². The van der Waals surface area contributed by atoms with Crippen LogP contribution in [0.5, 0.6) is 0 Å². The summed E-state index contributed by atoms with van der Waals surface area (Å²) in [6, 6.07) is 10.2. The fraction of sp³-hybridized carbons (Fsp3) is 0.421. The van der Waals surface area contributed by atoms with Gasteiger partial charge in [-0.2, -0.15) is 0 Å². The highest BCUT2D eigenvalue weighted by Crippen LogP contribution is 2.25. The summed E-state index contributed by atoms with van der Waals surface area (Å²) in [5.41, 5.74) is 1.96. The van der Waals surface area contributed by atoms with E-state index in [9.17, 15) is 0 Å². The van der Waals surface area contributed by atoms with Crippen molar-refractivity contribution in [3.8, 4) is 0 Å². The van der Waals surface area contributed by atoms with Crippen LogP contribution in [0.25, 0.3) is 0 Å². The number of unbranched alkanes of at least 4 members (excludes halogenated alkanes) is 2. The van der Waals surface area contributed by atoms with Crippen LogP contribution in [0.2, 0.25) is 0 Å². The molecule has 0 saturated heterocycles. The van der Waals surface area contributed by atoms with Crippen molar-refractivity contribution < 1.29 is 4.74 Å². The van der Waals surface area contributed by atoms with E-state index in [2.05, 4.69) is 49.2 Å². The number of ether oxygens (including phenoxy) is 1. The first-order valence-corrected chi connectivity index (χ1v) is 7.84. The molecule has 2 nitrogen and oxygen atoms in total. The van der Waals surface area contributed by atoms with Crippen molar-refractivity contribution in [2.45, 2.75) is 45.1 Å². The highest BCUT2D eigenvalue weighted by atomic mass is 16.5. The molecule has 0 heterocycles. The maximum atomic E-state index is 6.00. The molecule has 0 amide bonds. The van der Waals surface area contributed by atoms with Crippen molar-refractivity contribution in [1.29, 1.82) is 0 Å². The Hall–Kier alpha value is -1.67.